The number of unbranched alkanes of at least 4 members (excludes halogenated alkanes) is 9. The van der Waals surface area contributed by atoms with Crippen LogP contribution in [0, 0.1) is 27.7 Å². The van der Waals surface area contributed by atoms with Crippen molar-refractivity contribution >= 4 is 0 Å². The lowest BCUT2D eigenvalue weighted by molar-refractivity contribution is -0.373. The fourth-order valence-corrected chi connectivity index (χ4v) is 5.53. The Balaban J connectivity index is 0.000000331. The molecule has 2 fully saturated rings. The molecule has 0 spiro atoms. The monoisotopic (exact) mass is 600 g/mol. The lowest BCUT2D eigenvalue weighted by Crippen LogP contribution is -2.58. The van der Waals surface area contributed by atoms with E-state index in [0.717, 1.165) is 28.7 Å². The number of hydrogen-bond acceptors (Lipinski definition) is 7. The maximum absolute atomic E-state index is 10.5. The molecule has 0 radical (unpaired) electrons. The van der Waals surface area contributed by atoms with Gasteiger partial charge in [0.2, 0.25) is 0 Å². The molecule has 0 saturated carbocycles. The molecule has 2 aliphatic heterocycles. The van der Waals surface area contributed by atoms with E-state index in [1.807, 2.05) is 57.2 Å². The van der Waals surface area contributed by atoms with E-state index in [1.165, 1.54) is 68.9 Å². The average Bonchev–Trinajstić information content (AvgIpc) is 3.02. The van der Waals surface area contributed by atoms with Crippen LogP contribution in [0.5, 0.6) is 0 Å². The van der Waals surface area contributed by atoms with E-state index >= 15 is 0 Å². The van der Waals surface area contributed by atoms with E-state index in [9.17, 15) is 10.2 Å². The van der Waals surface area contributed by atoms with Gasteiger partial charge in [-0.1, -0.05) is 101 Å². The van der Waals surface area contributed by atoms with Crippen LogP contribution in [-0.4, -0.2) is 59.6 Å². The van der Waals surface area contributed by atoms with Gasteiger partial charge in [0.1, 0.15) is 24.4 Å². The molecule has 0 amide bonds. The first kappa shape index (κ1) is 35.6. The second-order valence-corrected chi connectivity index (χ2v) is 12.2. The van der Waals surface area contributed by atoms with Crippen molar-refractivity contribution in [3.05, 3.63) is 69.8 Å². The molecule has 43 heavy (non-hydrogen) atoms. The van der Waals surface area contributed by atoms with Crippen molar-refractivity contribution in [1.29, 1.82) is 0 Å². The highest BCUT2D eigenvalue weighted by molar-refractivity contribution is 5.32. The molecule has 2 saturated heterocycles. The van der Waals surface area contributed by atoms with E-state index < -0.39 is 43.6 Å². The van der Waals surface area contributed by atoms with E-state index in [4.69, 9.17) is 24.1 Å². The number of benzene rings is 2. The Labute approximate surface area is 259 Å². The Kier molecular flexibility index (Phi) is 15.6. The summed E-state index contributed by atoms with van der Waals surface area (Å²) >= 11 is 0. The number of rotatable bonds is 14. The van der Waals surface area contributed by atoms with Gasteiger partial charge in [-0.05, 0) is 56.4 Å². The molecule has 2 aromatic rings. The normalized spacial score (nSPS) is 24.1. The molecule has 7 nitrogen and oxygen atoms in total. The molecular weight excluding hydrogens is 544 g/mol. The first-order chi connectivity index (χ1) is 20.8. The number of hydrogen-bond donors (Lipinski definition) is 3. The molecule has 242 valence electrons. The van der Waals surface area contributed by atoms with Crippen molar-refractivity contribution in [2.45, 2.75) is 136 Å². The predicted molar refractivity (Wildman–Crippen MR) is 170 cm³/mol. The standard InChI is InChI=1S/C24H30O6.C12H26O/c1-13-5-7-17(9-15(13)3)23-27-12-20-22(30-23)21(19(26)11-25)29-24(28-20)18-8-6-14(2)16(4)10-18;1-2-3-4-5-6-7-8-9-10-11-12-13/h5-10,19-26H,11-12H2,1-4H3;13H,2-12H2,1H3/t19-,20+,21-,22-,23?,24?;/m1./s1. The average molecular weight is 601 g/mol. The van der Waals surface area contributed by atoms with Gasteiger partial charge in [-0.15, -0.1) is 0 Å². The zero-order chi connectivity index (χ0) is 31.2. The van der Waals surface area contributed by atoms with Crippen molar-refractivity contribution in [1.82, 2.24) is 0 Å². The van der Waals surface area contributed by atoms with Crippen molar-refractivity contribution in [3.63, 3.8) is 0 Å². The van der Waals surface area contributed by atoms with Crippen LogP contribution in [0.3, 0.4) is 0 Å². The molecule has 0 bridgehead atoms. The van der Waals surface area contributed by atoms with Gasteiger partial charge in [-0.2, -0.15) is 0 Å². The highest BCUT2D eigenvalue weighted by atomic mass is 16.8. The fourth-order valence-electron chi connectivity index (χ4n) is 5.53. The SMILES string of the molecule is CCCCCCCCCCCCO.Cc1ccc(C2OC[C@@H]3OC(c4ccc(C)c(C)c4)O[C@H]([C@H](O)CO)[C@@H]3O2)cc1C. The Hall–Kier alpha value is -1.84. The van der Waals surface area contributed by atoms with Crippen LogP contribution in [0.15, 0.2) is 36.4 Å². The fraction of sp³-hybridized carbons (Fsp3) is 0.667. The maximum Gasteiger partial charge on any atom is 0.184 e. The van der Waals surface area contributed by atoms with E-state index in [0.29, 0.717) is 13.2 Å². The summed E-state index contributed by atoms with van der Waals surface area (Å²) < 4.78 is 24.4. The quantitative estimate of drug-likeness (QED) is 0.200. The number of fused-ring (bicyclic) bond motifs is 1. The molecule has 2 heterocycles. The minimum atomic E-state index is -1.09. The first-order valence-electron chi connectivity index (χ1n) is 16.4. The van der Waals surface area contributed by atoms with Gasteiger partial charge in [-0.25, -0.2) is 0 Å². The van der Waals surface area contributed by atoms with Crippen LogP contribution < -0.4 is 0 Å². The summed E-state index contributed by atoms with van der Waals surface area (Å²) in [6, 6.07) is 12.1. The van der Waals surface area contributed by atoms with Gasteiger partial charge in [0.25, 0.3) is 0 Å². The van der Waals surface area contributed by atoms with Crippen molar-refractivity contribution < 1.29 is 34.3 Å². The van der Waals surface area contributed by atoms with Crippen LogP contribution >= 0.6 is 0 Å². The van der Waals surface area contributed by atoms with Crippen molar-refractivity contribution in [2.24, 2.45) is 0 Å². The van der Waals surface area contributed by atoms with Crippen molar-refractivity contribution in [3.8, 4) is 0 Å². The van der Waals surface area contributed by atoms with Gasteiger partial charge in [0.15, 0.2) is 12.6 Å². The van der Waals surface area contributed by atoms with Crippen LogP contribution in [0.2, 0.25) is 0 Å². The van der Waals surface area contributed by atoms with Gasteiger partial charge >= 0.3 is 0 Å². The summed E-state index contributed by atoms with van der Waals surface area (Å²) in [4.78, 5) is 0. The molecule has 2 aliphatic rings. The molecule has 7 heteroatoms. The molecule has 6 atom stereocenters. The van der Waals surface area contributed by atoms with Crippen molar-refractivity contribution in [2.75, 3.05) is 19.8 Å². The summed E-state index contributed by atoms with van der Waals surface area (Å²) in [5.74, 6) is 0. The van der Waals surface area contributed by atoms with Gasteiger partial charge < -0.3 is 34.3 Å². The third-order valence-electron chi connectivity index (χ3n) is 8.65. The van der Waals surface area contributed by atoms with Crippen LogP contribution in [0.25, 0.3) is 0 Å². The number of aliphatic hydroxyl groups is 3. The molecule has 0 aromatic heterocycles. The molecule has 0 aliphatic carbocycles. The van der Waals surface area contributed by atoms with Gasteiger partial charge in [0, 0.05) is 17.7 Å². The highest BCUT2D eigenvalue weighted by Gasteiger charge is 2.48. The second kappa shape index (κ2) is 18.8. The van der Waals surface area contributed by atoms with E-state index in [2.05, 4.69) is 13.8 Å². The molecule has 2 aromatic carbocycles. The topological polar surface area (TPSA) is 97.6 Å². The molecule has 4 rings (SSSR count). The number of aryl methyl sites for hydroxylation is 4. The second-order valence-electron chi connectivity index (χ2n) is 12.2. The minimum Gasteiger partial charge on any atom is -0.396 e. The lowest BCUT2D eigenvalue weighted by atomic mass is 9.98. The van der Waals surface area contributed by atoms with Crippen LogP contribution in [0.4, 0.5) is 0 Å². The summed E-state index contributed by atoms with van der Waals surface area (Å²) in [5, 5.41) is 28.6. The Morgan fingerprint density at radius 1 is 0.674 bits per heavy atom. The highest BCUT2D eigenvalue weighted by Crippen LogP contribution is 2.39. The molecular formula is C36H56O7. The minimum absolute atomic E-state index is 0.307. The third-order valence-corrected chi connectivity index (χ3v) is 8.65. The Morgan fingerprint density at radius 3 is 1.72 bits per heavy atom. The molecule has 2 unspecified atom stereocenters. The maximum atomic E-state index is 10.5. The lowest BCUT2D eigenvalue weighted by Gasteiger charge is -2.47. The van der Waals surface area contributed by atoms with Crippen LogP contribution in [0.1, 0.15) is 117 Å². The largest absolute Gasteiger partial charge is 0.396 e. The van der Waals surface area contributed by atoms with E-state index in [1.54, 1.807) is 0 Å². The number of aliphatic hydroxyl groups excluding tert-OH is 3. The summed E-state index contributed by atoms with van der Waals surface area (Å²) in [7, 11) is 0. The Morgan fingerprint density at radius 2 is 1.21 bits per heavy atom. The van der Waals surface area contributed by atoms with Gasteiger partial charge in [0.05, 0.1) is 13.2 Å². The summed E-state index contributed by atoms with van der Waals surface area (Å²) in [6.45, 7) is 10.7. The number of ether oxygens (including phenoxy) is 4. The van der Waals surface area contributed by atoms with E-state index in [-0.39, 0.29) is 0 Å². The first-order valence-corrected chi connectivity index (χ1v) is 16.4. The zero-order valence-electron chi connectivity index (χ0n) is 27.1. The third kappa shape index (κ3) is 10.9. The molecule has 3 N–H and O–H groups in total. The zero-order valence-corrected chi connectivity index (χ0v) is 27.1. The van der Waals surface area contributed by atoms with Crippen LogP contribution in [-0.2, 0) is 18.9 Å². The summed E-state index contributed by atoms with van der Waals surface area (Å²) in [5.41, 5.74) is 6.43. The smallest absolute Gasteiger partial charge is 0.184 e. The summed E-state index contributed by atoms with van der Waals surface area (Å²) in [6.07, 6.45) is 9.26. The predicted octanol–water partition coefficient (Wildman–Crippen LogP) is 7.07. The van der Waals surface area contributed by atoms with Gasteiger partial charge in [-0.3, -0.25) is 0 Å². The Bertz CT molecular complexity index is 1060.